The van der Waals surface area contributed by atoms with E-state index in [0.717, 1.165) is 37.8 Å². The number of phenols is 1. The van der Waals surface area contributed by atoms with Gasteiger partial charge in [-0.25, -0.2) is 4.79 Å². The van der Waals surface area contributed by atoms with Gasteiger partial charge < -0.3 is 25.3 Å². The first-order valence-electron chi connectivity index (χ1n) is 8.27. The zero-order valence-electron chi connectivity index (χ0n) is 14.5. The second-order valence-electron chi connectivity index (χ2n) is 6.62. The predicted octanol–water partition coefficient (Wildman–Crippen LogP) is 1.80. The predicted molar refractivity (Wildman–Crippen MR) is 92.2 cm³/mol. The summed E-state index contributed by atoms with van der Waals surface area (Å²) in [5.41, 5.74) is 0.523. The number of rotatable bonds is 5. The first kappa shape index (κ1) is 20.4. The van der Waals surface area contributed by atoms with Crippen molar-refractivity contribution in [3.8, 4) is 5.75 Å². The summed E-state index contributed by atoms with van der Waals surface area (Å²) in [6, 6.07) is 7.31. The zero-order valence-corrected chi connectivity index (χ0v) is 14.5. The van der Waals surface area contributed by atoms with Gasteiger partial charge in [-0.3, -0.25) is 0 Å². The molecular weight excluding hydrogens is 310 g/mol. The number of hydrogen-bond acceptors (Lipinski definition) is 5. The molecule has 1 aromatic rings. The fourth-order valence-corrected chi connectivity index (χ4v) is 3.17. The Labute approximate surface area is 143 Å². The third-order valence-corrected chi connectivity index (χ3v) is 4.35. The van der Waals surface area contributed by atoms with E-state index in [0.29, 0.717) is 0 Å². The molecule has 2 rings (SSSR count). The van der Waals surface area contributed by atoms with Crippen molar-refractivity contribution in [2.45, 2.75) is 43.6 Å². The minimum absolute atomic E-state index is 0.114. The Kier molecular flexibility index (Phi) is 8.18. The van der Waals surface area contributed by atoms with Crippen molar-refractivity contribution in [2.75, 3.05) is 27.2 Å². The summed E-state index contributed by atoms with van der Waals surface area (Å²) < 4.78 is 0. The minimum Gasteiger partial charge on any atom is -0.508 e. The largest absolute Gasteiger partial charge is 0.508 e. The van der Waals surface area contributed by atoms with Gasteiger partial charge in [0.05, 0.1) is 5.60 Å². The summed E-state index contributed by atoms with van der Waals surface area (Å²) in [6.45, 7) is 0.0568. The minimum atomic E-state index is -1.19. The van der Waals surface area contributed by atoms with Crippen LogP contribution in [0.2, 0.25) is 0 Å². The van der Waals surface area contributed by atoms with E-state index in [1.807, 2.05) is 26.2 Å². The third-order valence-electron chi connectivity index (χ3n) is 4.35. The third kappa shape index (κ3) is 6.47. The monoisotopic (exact) mass is 339 g/mol. The lowest BCUT2D eigenvalue weighted by Crippen LogP contribution is -2.42. The number of hydrogen-bond donors (Lipinski definition) is 4. The van der Waals surface area contributed by atoms with Crippen molar-refractivity contribution in [3.63, 3.8) is 0 Å². The number of aliphatic hydroxyl groups excluding tert-OH is 1. The van der Waals surface area contributed by atoms with Gasteiger partial charge in [-0.15, -0.1) is 0 Å². The zero-order chi connectivity index (χ0) is 18.2. The van der Waals surface area contributed by atoms with Crippen LogP contribution in [0.1, 0.15) is 43.6 Å². The van der Waals surface area contributed by atoms with E-state index in [2.05, 4.69) is 4.90 Å². The van der Waals surface area contributed by atoms with E-state index in [1.165, 1.54) is 6.42 Å². The second kappa shape index (κ2) is 9.61. The number of aliphatic carboxylic acids is 1. The molecule has 1 aliphatic rings. The number of carboxylic acids is 1. The van der Waals surface area contributed by atoms with Gasteiger partial charge in [-0.2, -0.15) is 0 Å². The maximum atomic E-state index is 11.0. The SMILES string of the molecule is CN(C)CC(c1ccc(O)cc1)C1(O)CCCCC1.O=C(O)CO. The molecule has 6 nitrogen and oxygen atoms in total. The Bertz CT molecular complexity index is 495. The average Bonchev–Trinajstić information content (AvgIpc) is 2.54. The molecule has 6 heteroatoms. The molecule has 1 aromatic carbocycles. The highest BCUT2D eigenvalue weighted by Crippen LogP contribution is 2.40. The average molecular weight is 339 g/mol. The molecule has 1 atom stereocenters. The highest BCUT2D eigenvalue weighted by atomic mass is 16.4. The lowest BCUT2D eigenvalue weighted by atomic mass is 9.72. The topological polar surface area (TPSA) is 101 Å². The van der Waals surface area contributed by atoms with Crippen LogP contribution in [0.4, 0.5) is 0 Å². The molecule has 1 aliphatic carbocycles. The molecule has 1 saturated carbocycles. The smallest absolute Gasteiger partial charge is 0.329 e. The lowest BCUT2D eigenvalue weighted by Gasteiger charge is -2.40. The number of phenolic OH excluding ortho intramolecular Hbond substituents is 1. The van der Waals surface area contributed by atoms with E-state index in [1.54, 1.807) is 12.1 Å². The number of carboxylic acid groups (broad SMARTS) is 1. The highest BCUT2D eigenvalue weighted by Gasteiger charge is 2.38. The molecule has 0 aliphatic heterocycles. The Morgan fingerprint density at radius 3 is 2.08 bits per heavy atom. The van der Waals surface area contributed by atoms with Crippen LogP contribution in [0.5, 0.6) is 5.75 Å². The van der Waals surface area contributed by atoms with Crippen molar-refractivity contribution < 1.29 is 25.2 Å². The van der Waals surface area contributed by atoms with Crippen LogP contribution < -0.4 is 0 Å². The molecular formula is C18H29NO5. The Balaban J connectivity index is 0.000000505. The number of aromatic hydroxyl groups is 1. The highest BCUT2D eigenvalue weighted by molar-refractivity contribution is 5.67. The maximum absolute atomic E-state index is 11.0. The van der Waals surface area contributed by atoms with Gasteiger partial charge in [-0.05, 0) is 44.6 Å². The summed E-state index contributed by atoms with van der Waals surface area (Å²) in [5, 5.41) is 35.5. The quantitative estimate of drug-likeness (QED) is 0.652. The molecule has 0 saturated heterocycles. The molecule has 0 aromatic heterocycles. The van der Waals surface area contributed by atoms with Gasteiger partial charge in [0, 0.05) is 12.5 Å². The Morgan fingerprint density at radius 2 is 1.67 bits per heavy atom. The lowest BCUT2D eigenvalue weighted by molar-refractivity contribution is -0.140. The second-order valence-corrected chi connectivity index (χ2v) is 6.62. The van der Waals surface area contributed by atoms with Crippen molar-refractivity contribution in [3.05, 3.63) is 29.8 Å². The van der Waals surface area contributed by atoms with E-state index in [-0.39, 0.29) is 11.7 Å². The fraction of sp³-hybridized carbons (Fsp3) is 0.611. The first-order valence-corrected chi connectivity index (χ1v) is 8.27. The van der Waals surface area contributed by atoms with E-state index >= 15 is 0 Å². The van der Waals surface area contributed by atoms with Crippen LogP contribution >= 0.6 is 0 Å². The van der Waals surface area contributed by atoms with E-state index in [9.17, 15) is 10.2 Å². The van der Waals surface area contributed by atoms with Crippen molar-refractivity contribution in [1.29, 1.82) is 0 Å². The number of nitrogens with zero attached hydrogens (tertiary/aromatic N) is 1. The summed E-state index contributed by atoms with van der Waals surface area (Å²) >= 11 is 0. The van der Waals surface area contributed by atoms with Crippen LogP contribution in [0.25, 0.3) is 0 Å². The normalized spacial score (nSPS) is 17.7. The van der Waals surface area contributed by atoms with Gasteiger partial charge in [0.25, 0.3) is 0 Å². The van der Waals surface area contributed by atoms with Crippen molar-refractivity contribution in [2.24, 2.45) is 0 Å². The molecule has 24 heavy (non-hydrogen) atoms. The van der Waals surface area contributed by atoms with Gasteiger partial charge in [-0.1, -0.05) is 31.4 Å². The number of aliphatic hydroxyl groups is 2. The summed E-state index contributed by atoms with van der Waals surface area (Å²) in [5.74, 6) is -0.795. The van der Waals surface area contributed by atoms with Gasteiger partial charge in [0.2, 0.25) is 0 Å². The van der Waals surface area contributed by atoms with Crippen LogP contribution in [0.3, 0.4) is 0 Å². The van der Waals surface area contributed by atoms with Crippen molar-refractivity contribution >= 4 is 5.97 Å². The number of benzene rings is 1. The van der Waals surface area contributed by atoms with E-state index in [4.69, 9.17) is 15.0 Å². The first-order chi connectivity index (χ1) is 11.3. The summed E-state index contributed by atoms with van der Waals surface area (Å²) in [4.78, 5) is 11.2. The fourth-order valence-electron chi connectivity index (χ4n) is 3.17. The molecule has 0 spiro atoms. The number of likely N-dealkylation sites (N-methyl/N-ethyl adjacent to an activating group) is 1. The standard InChI is InChI=1S/C16H25NO2.C2H4O3/c1-17(2)12-15(13-6-8-14(18)9-7-13)16(19)10-4-3-5-11-16;3-1-2(4)5/h6-9,15,18-19H,3-5,10-12H2,1-2H3;3H,1H2,(H,4,5). The molecule has 136 valence electrons. The maximum Gasteiger partial charge on any atom is 0.329 e. The molecule has 1 fully saturated rings. The van der Waals surface area contributed by atoms with Gasteiger partial charge >= 0.3 is 5.97 Å². The van der Waals surface area contributed by atoms with Crippen LogP contribution in [-0.4, -0.2) is 64.1 Å². The molecule has 0 heterocycles. The Hall–Kier alpha value is -1.63. The van der Waals surface area contributed by atoms with Crippen molar-refractivity contribution in [1.82, 2.24) is 4.90 Å². The van der Waals surface area contributed by atoms with Crippen LogP contribution in [-0.2, 0) is 4.79 Å². The molecule has 0 radical (unpaired) electrons. The Morgan fingerprint density at radius 1 is 1.17 bits per heavy atom. The van der Waals surface area contributed by atoms with E-state index < -0.39 is 18.2 Å². The number of carbonyl (C=O) groups is 1. The molecule has 4 N–H and O–H groups in total. The van der Waals surface area contributed by atoms with Gasteiger partial charge in [0.15, 0.2) is 0 Å². The summed E-state index contributed by atoms with van der Waals surface area (Å²) in [7, 11) is 4.08. The van der Waals surface area contributed by atoms with Crippen LogP contribution in [0.15, 0.2) is 24.3 Å². The van der Waals surface area contributed by atoms with Crippen LogP contribution in [0, 0.1) is 0 Å². The molecule has 1 unspecified atom stereocenters. The summed E-state index contributed by atoms with van der Waals surface area (Å²) in [6.07, 6.45) is 5.21. The van der Waals surface area contributed by atoms with Gasteiger partial charge in [0.1, 0.15) is 12.4 Å². The molecule has 0 amide bonds. The molecule has 0 bridgehead atoms.